The fraction of sp³-hybridized carbons (Fsp3) is 1.00. The summed E-state index contributed by atoms with van der Waals surface area (Å²) in [6.07, 6.45) is -0.125. The molecule has 2 unspecified atom stereocenters. The largest absolute Gasteiger partial charge is 0.394 e. The van der Waals surface area contributed by atoms with Gasteiger partial charge in [0.25, 0.3) is 0 Å². The third-order valence-electron chi connectivity index (χ3n) is 1.14. The summed E-state index contributed by atoms with van der Waals surface area (Å²) in [6, 6.07) is 0. The van der Waals surface area contributed by atoms with E-state index in [4.69, 9.17) is 14.9 Å². The first-order valence-corrected chi connectivity index (χ1v) is 3.02. The van der Waals surface area contributed by atoms with Crippen LogP contribution >= 0.6 is 0 Å². The van der Waals surface area contributed by atoms with Crippen LogP contribution in [0.2, 0.25) is 0 Å². The van der Waals surface area contributed by atoms with Crippen molar-refractivity contribution in [1.29, 1.82) is 0 Å². The maximum Gasteiger partial charge on any atom is 0.0826 e. The van der Waals surface area contributed by atoms with Crippen LogP contribution in [0.1, 0.15) is 13.3 Å². The topological polar surface area (TPSA) is 49.7 Å². The van der Waals surface area contributed by atoms with Crippen molar-refractivity contribution in [2.75, 3.05) is 13.7 Å². The van der Waals surface area contributed by atoms with E-state index >= 15 is 0 Å². The van der Waals surface area contributed by atoms with Gasteiger partial charge in [-0.25, -0.2) is 0 Å². The highest BCUT2D eigenvalue weighted by atomic mass is 16.5. The van der Waals surface area contributed by atoms with Gasteiger partial charge in [0.1, 0.15) is 0 Å². The lowest BCUT2D eigenvalue weighted by atomic mass is 10.2. The highest BCUT2D eigenvalue weighted by Crippen LogP contribution is 1.99. The van der Waals surface area contributed by atoms with Crippen molar-refractivity contribution < 1.29 is 14.9 Å². The third kappa shape index (κ3) is 4.39. The second kappa shape index (κ2) is 4.73. The molecule has 9 heavy (non-hydrogen) atoms. The van der Waals surface area contributed by atoms with Crippen LogP contribution in [0, 0.1) is 0 Å². The van der Waals surface area contributed by atoms with E-state index in [0.717, 1.165) is 0 Å². The minimum atomic E-state index is -0.401. The van der Waals surface area contributed by atoms with E-state index in [1.807, 2.05) is 0 Å². The van der Waals surface area contributed by atoms with Crippen molar-refractivity contribution in [3.05, 3.63) is 0 Å². The molecule has 0 heterocycles. The van der Waals surface area contributed by atoms with E-state index in [1.165, 1.54) is 7.11 Å². The summed E-state index contributed by atoms with van der Waals surface area (Å²) in [5.74, 6) is 0. The highest BCUT2D eigenvalue weighted by Gasteiger charge is 2.07. The third-order valence-corrected chi connectivity index (χ3v) is 1.14. The van der Waals surface area contributed by atoms with Gasteiger partial charge in [0.2, 0.25) is 0 Å². The Hall–Kier alpha value is -0.120. The zero-order chi connectivity index (χ0) is 7.28. The number of aliphatic hydroxyl groups is 2. The first-order valence-electron chi connectivity index (χ1n) is 3.02. The summed E-state index contributed by atoms with van der Waals surface area (Å²) in [7, 11) is 1.52. The van der Waals surface area contributed by atoms with Crippen LogP contribution in [-0.2, 0) is 4.74 Å². The van der Waals surface area contributed by atoms with Crippen molar-refractivity contribution in [2.24, 2.45) is 0 Å². The Bertz CT molecular complexity index is 59.3. The maximum absolute atomic E-state index is 8.79. The van der Waals surface area contributed by atoms with Gasteiger partial charge in [-0.1, -0.05) is 0 Å². The molecule has 0 aliphatic rings. The van der Waals surface area contributed by atoms with Gasteiger partial charge in [-0.2, -0.15) is 0 Å². The maximum atomic E-state index is 8.79. The summed E-state index contributed by atoms with van der Waals surface area (Å²) in [4.78, 5) is 0. The van der Waals surface area contributed by atoms with Gasteiger partial charge in [-0.3, -0.25) is 0 Å². The molecule has 0 spiro atoms. The summed E-state index contributed by atoms with van der Waals surface area (Å²) >= 11 is 0. The monoisotopic (exact) mass is 134 g/mol. The number of rotatable bonds is 4. The molecule has 3 heteroatoms. The van der Waals surface area contributed by atoms with Crippen LogP contribution < -0.4 is 0 Å². The number of hydrogen-bond acceptors (Lipinski definition) is 3. The Labute approximate surface area is 55.3 Å². The molecule has 0 aromatic rings. The van der Waals surface area contributed by atoms with E-state index in [0.29, 0.717) is 6.42 Å². The molecule has 0 aromatic carbocycles. The molecule has 2 N–H and O–H groups in total. The van der Waals surface area contributed by atoms with Crippen molar-refractivity contribution in [3.63, 3.8) is 0 Å². The van der Waals surface area contributed by atoms with Crippen molar-refractivity contribution >= 4 is 0 Å². The van der Waals surface area contributed by atoms with Gasteiger partial charge < -0.3 is 14.9 Å². The van der Waals surface area contributed by atoms with Crippen molar-refractivity contribution in [2.45, 2.75) is 25.6 Å². The first-order chi connectivity index (χ1) is 4.20. The molecule has 0 amide bonds. The average Bonchev–Trinajstić information content (AvgIpc) is 1.82. The second-order valence-corrected chi connectivity index (χ2v) is 2.13. The van der Waals surface area contributed by atoms with E-state index in [-0.39, 0.29) is 12.7 Å². The van der Waals surface area contributed by atoms with E-state index in [9.17, 15) is 0 Å². The fourth-order valence-electron chi connectivity index (χ4n) is 0.626. The van der Waals surface area contributed by atoms with E-state index in [2.05, 4.69) is 0 Å². The first kappa shape index (κ1) is 8.88. The lowest BCUT2D eigenvalue weighted by Gasteiger charge is -2.12. The second-order valence-electron chi connectivity index (χ2n) is 2.13. The molecule has 0 aromatic heterocycles. The highest BCUT2D eigenvalue weighted by molar-refractivity contribution is 4.58. The van der Waals surface area contributed by atoms with Gasteiger partial charge in [-0.15, -0.1) is 0 Å². The fourth-order valence-corrected chi connectivity index (χ4v) is 0.626. The quantitative estimate of drug-likeness (QED) is 0.558. The normalized spacial score (nSPS) is 17.3. The minimum absolute atomic E-state index is 0.0264. The molecular formula is C6H14O3. The Morgan fingerprint density at radius 3 is 2.22 bits per heavy atom. The molecule has 0 fully saturated rings. The molecular weight excluding hydrogens is 120 g/mol. The molecule has 0 saturated carbocycles. The van der Waals surface area contributed by atoms with Crippen LogP contribution in [-0.4, -0.2) is 36.1 Å². The van der Waals surface area contributed by atoms with Crippen LogP contribution in [0.25, 0.3) is 0 Å². The Balaban J connectivity index is 3.31. The predicted octanol–water partition coefficient (Wildman–Crippen LogP) is -0.235. The van der Waals surface area contributed by atoms with Gasteiger partial charge in [0.15, 0.2) is 0 Å². The van der Waals surface area contributed by atoms with Gasteiger partial charge in [0, 0.05) is 13.5 Å². The van der Waals surface area contributed by atoms with Crippen LogP contribution in [0.15, 0.2) is 0 Å². The van der Waals surface area contributed by atoms with Crippen molar-refractivity contribution in [3.8, 4) is 0 Å². The average molecular weight is 134 g/mol. The molecule has 3 nitrogen and oxygen atoms in total. The Morgan fingerprint density at radius 1 is 1.56 bits per heavy atom. The molecule has 0 aliphatic carbocycles. The molecule has 0 radical (unpaired) electrons. The number of ether oxygens (including phenoxy) is 1. The zero-order valence-electron chi connectivity index (χ0n) is 5.87. The summed E-state index contributed by atoms with van der Waals surface area (Å²) in [5.41, 5.74) is 0. The van der Waals surface area contributed by atoms with Crippen molar-refractivity contribution in [1.82, 2.24) is 0 Å². The lowest BCUT2D eigenvalue weighted by molar-refractivity contribution is 0.0141. The van der Waals surface area contributed by atoms with E-state index < -0.39 is 6.10 Å². The Kier molecular flexibility index (Phi) is 4.67. The number of aliphatic hydroxyl groups excluding tert-OH is 2. The molecule has 2 atom stereocenters. The molecule has 0 saturated heterocycles. The lowest BCUT2D eigenvalue weighted by Crippen LogP contribution is -2.20. The molecule has 0 rings (SSSR count). The van der Waals surface area contributed by atoms with Crippen LogP contribution in [0.3, 0.4) is 0 Å². The van der Waals surface area contributed by atoms with Gasteiger partial charge in [-0.05, 0) is 6.92 Å². The predicted molar refractivity (Wildman–Crippen MR) is 34.2 cm³/mol. The van der Waals surface area contributed by atoms with E-state index in [1.54, 1.807) is 6.92 Å². The van der Waals surface area contributed by atoms with Crippen LogP contribution in [0.5, 0.6) is 0 Å². The molecule has 0 aliphatic heterocycles. The Morgan fingerprint density at radius 2 is 2.11 bits per heavy atom. The molecule has 0 bridgehead atoms. The minimum Gasteiger partial charge on any atom is -0.394 e. The zero-order valence-corrected chi connectivity index (χ0v) is 5.87. The van der Waals surface area contributed by atoms with Gasteiger partial charge in [0.05, 0.1) is 18.8 Å². The molecule has 56 valence electrons. The smallest absolute Gasteiger partial charge is 0.0826 e. The summed E-state index contributed by atoms with van der Waals surface area (Å²) in [5, 5.41) is 17.3. The summed E-state index contributed by atoms with van der Waals surface area (Å²) < 4.78 is 4.80. The SMILES string of the molecule is COC(CO)CC(C)O. The summed E-state index contributed by atoms with van der Waals surface area (Å²) in [6.45, 7) is 1.64. The number of methoxy groups -OCH3 is 1. The van der Waals surface area contributed by atoms with Crippen LogP contribution in [0.4, 0.5) is 0 Å². The number of hydrogen-bond donors (Lipinski definition) is 2. The van der Waals surface area contributed by atoms with Gasteiger partial charge >= 0.3 is 0 Å². The standard InChI is InChI=1S/C6H14O3/c1-5(8)3-6(4-7)9-2/h5-8H,3-4H2,1-2H3.